The molecule has 0 spiro atoms. The lowest BCUT2D eigenvalue weighted by Crippen LogP contribution is -2.43. The molecular formula is C23H31F2N5O5S2. The van der Waals surface area contributed by atoms with Crippen molar-refractivity contribution in [2.24, 2.45) is 0 Å². The zero-order chi connectivity index (χ0) is 27.0. The van der Waals surface area contributed by atoms with E-state index in [-0.39, 0.29) is 34.9 Å². The quantitative estimate of drug-likeness (QED) is 0.191. The molecule has 37 heavy (non-hydrogen) atoms. The molecule has 1 aromatic carbocycles. The highest BCUT2D eigenvalue weighted by Gasteiger charge is 2.29. The second-order valence-electron chi connectivity index (χ2n) is 8.45. The minimum Gasteiger partial charge on any atom is -0.466 e. The molecule has 2 heterocycles. The zero-order valence-electron chi connectivity index (χ0n) is 20.5. The number of nitrogens with one attached hydrogen (secondary N) is 2. The van der Waals surface area contributed by atoms with Crippen LogP contribution in [-0.4, -0.2) is 74.0 Å². The number of esters is 1. The van der Waals surface area contributed by atoms with Gasteiger partial charge in [0.1, 0.15) is 22.3 Å². The van der Waals surface area contributed by atoms with E-state index in [0.717, 1.165) is 23.5 Å². The lowest BCUT2D eigenvalue weighted by molar-refractivity contribution is -0.142. The molecular weight excluding hydrogens is 528 g/mol. The van der Waals surface area contributed by atoms with Gasteiger partial charge in [-0.15, -0.1) is 0 Å². The number of aromatic nitrogens is 1. The van der Waals surface area contributed by atoms with Crippen molar-refractivity contribution in [3.05, 3.63) is 40.3 Å². The maximum Gasteiger partial charge on any atom is 0.307 e. The van der Waals surface area contributed by atoms with Crippen molar-refractivity contribution in [1.82, 2.24) is 14.6 Å². The largest absolute Gasteiger partial charge is 0.466 e. The molecule has 0 atom stereocenters. The minimum atomic E-state index is -3.42. The number of nitrogens with two attached hydrogens (primary N) is 1. The van der Waals surface area contributed by atoms with Gasteiger partial charge in [-0.3, -0.25) is 9.59 Å². The first kappa shape index (κ1) is 28.9. The number of thiazole rings is 1. The van der Waals surface area contributed by atoms with E-state index in [9.17, 15) is 26.8 Å². The molecule has 0 amide bonds. The van der Waals surface area contributed by atoms with Crippen molar-refractivity contribution in [2.75, 3.05) is 49.6 Å². The van der Waals surface area contributed by atoms with Crippen LogP contribution in [0.3, 0.4) is 0 Å². The fraction of sp³-hybridized carbons (Fsp3) is 0.522. The van der Waals surface area contributed by atoms with Gasteiger partial charge in [0, 0.05) is 25.7 Å². The van der Waals surface area contributed by atoms with Gasteiger partial charge < -0.3 is 21.1 Å². The number of nitrogens with zero attached hydrogens (tertiary/aromatic N) is 2. The van der Waals surface area contributed by atoms with Gasteiger partial charge in [0.25, 0.3) is 0 Å². The molecule has 1 aromatic heterocycles. The van der Waals surface area contributed by atoms with Gasteiger partial charge in [0.05, 0.1) is 24.3 Å². The average Bonchev–Trinajstić information content (AvgIpc) is 3.21. The third-order valence-corrected chi connectivity index (χ3v) is 8.75. The van der Waals surface area contributed by atoms with E-state index in [1.165, 1.54) is 10.4 Å². The Balaban J connectivity index is 1.46. The molecule has 3 rings (SSSR count). The van der Waals surface area contributed by atoms with Crippen LogP contribution in [0.5, 0.6) is 0 Å². The number of hydrogen-bond acceptors (Lipinski definition) is 10. The number of benzene rings is 1. The maximum absolute atomic E-state index is 14.0. The van der Waals surface area contributed by atoms with Gasteiger partial charge in [0.15, 0.2) is 5.13 Å². The van der Waals surface area contributed by atoms with Gasteiger partial charge in [-0.1, -0.05) is 17.4 Å². The number of piperidine rings is 1. The van der Waals surface area contributed by atoms with E-state index in [1.807, 2.05) is 0 Å². The molecule has 1 aliphatic rings. The van der Waals surface area contributed by atoms with Crippen LogP contribution in [0.2, 0.25) is 0 Å². The number of anilines is 2. The topological polar surface area (TPSA) is 144 Å². The van der Waals surface area contributed by atoms with Crippen molar-refractivity contribution in [3.8, 4) is 0 Å². The molecule has 4 N–H and O–H groups in total. The second-order valence-corrected chi connectivity index (χ2v) is 11.5. The smallest absolute Gasteiger partial charge is 0.307 e. The fourth-order valence-corrected chi connectivity index (χ4v) is 6.34. The first-order valence-corrected chi connectivity index (χ1v) is 14.4. The molecule has 204 valence electrons. The summed E-state index contributed by atoms with van der Waals surface area (Å²) in [5.41, 5.74) is 5.16. The number of sulfonamides is 1. The van der Waals surface area contributed by atoms with Gasteiger partial charge in [-0.2, -0.15) is 0 Å². The van der Waals surface area contributed by atoms with Crippen LogP contribution in [0.15, 0.2) is 18.2 Å². The molecule has 0 aliphatic carbocycles. The highest BCUT2D eigenvalue weighted by Crippen LogP contribution is 2.30. The maximum atomic E-state index is 14.0. The van der Waals surface area contributed by atoms with E-state index >= 15 is 0 Å². The number of nitrogen functional groups attached to an aromatic ring is 1. The van der Waals surface area contributed by atoms with Gasteiger partial charge in [-0.05, 0) is 44.9 Å². The van der Waals surface area contributed by atoms with Crippen LogP contribution >= 0.6 is 11.3 Å². The van der Waals surface area contributed by atoms with E-state index in [4.69, 9.17) is 10.5 Å². The van der Waals surface area contributed by atoms with E-state index in [0.29, 0.717) is 57.2 Å². The monoisotopic (exact) mass is 559 g/mol. The van der Waals surface area contributed by atoms with Crippen molar-refractivity contribution >= 4 is 44.1 Å². The first-order valence-electron chi connectivity index (χ1n) is 12.0. The summed E-state index contributed by atoms with van der Waals surface area (Å²) in [5, 5.41) is 6.52. The number of carbonyl (C=O) groups excluding carboxylic acids is 2. The normalized spacial score (nSPS) is 15.0. The highest BCUT2D eigenvalue weighted by molar-refractivity contribution is 7.89. The Morgan fingerprint density at radius 1 is 1.22 bits per heavy atom. The Kier molecular flexibility index (Phi) is 10.3. The van der Waals surface area contributed by atoms with Crippen molar-refractivity contribution in [3.63, 3.8) is 0 Å². The van der Waals surface area contributed by atoms with Gasteiger partial charge >= 0.3 is 5.97 Å². The molecule has 2 aromatic rings. The summed E-state index contributed by atoms with van der Waals surface area (Å²) in [6.45, 7) is 3.62. The summed E-state index contributed by atoms with van der Waals surface area (Å²) in [6.07, 6.45) is 1.69. The molecule has 0 radical (unpaired) electrons. The van der Waals surface area contributed by atoms with Crippen LogP contribution in [0.4, 0.5) is 19.7 Å². The number of ether oxygens (including phenoxy) is 1. The number of ketones is 1. The van der Waals surface area contributed by atoms with Gasteiger partial charge in [0.2, 0.25) is 15.8 Å². The lowest BCUT2D eigenvalue weighted by atomic mass is 10.1. The Hall–Kier alpha value is -2.68. The van der Waals surface area contributed by atoms with Crippen molar-refractivity contribution in [1.29, 1.82) is 0 Å². The lowest BCUT2D eigenvalue weighted by Gasteiger charge is -2.31. The van der Waals surface area contributed by atoms with Crippen LogP contribution in [0.25, 0.3) is 0 Å². The van der Waals surface area contributed by atoms with E-state index in [1.54, 1.807) is 6.92 Å². The molecule has 1 saturated heterocycles. The fourth-order valence-electron chi connectivity index (χ4n) is 3.89. The molecule has 1 aliphatic heterocycles. The summed E-state index contributed by atoms with van der Waals surface area (Å²) in [6, 6.07) is 3.06. The summed E-state index contributed by atoms with van der Waals surface area (Å²) >= 11 is 0.904. The standard InChI is InChI=1S/C23H31F2N5O5S2/c1-2-35-18(31)7-11-27-10-4-14-37(33,34)30-12-8-15(9-13-30)28-23-29-22(26)21(36-23)20(32)19-16(24)5-3-6-17(19)25/h3,5-6,15,27H,2,4,7-14,26H2,1H3,(H,28,29). The Bertz CT molecular complexity index is 1180. The second kappa shape index (κ2) is 13.2. The zero-order valence-corrected chi connectivity index (χ0v) is 22.1. The minimum absolute atomic E-state index is 0.00140. The Morgan fingerprint density at radius 2 is 1.89 bits per heavy atom. The van der Waals surface area contributed by atoms with E-state index in [2.05, 4.69) is 15.6 Å². The number of carbonyl (C=O) groups is 2. The molecule has 0 bridgehead atoms. The predicted molar refractivity (Wildman–Crippen MR) is 137 cm³/mol. The third kappa shape index (κ3) is 7.90. The van der Waals surface area contributed by atoms with Crippen LogP contribution < -0.4 is 16.4 Å². The average molecular weight is 560 g/mol. The number of rotatable bonds is 13. The van der Waals surface area contributed by atoms with Crippen molar-refractivity contribution in [2.45, 2.75) is 38.6 Å². The first-order chi connectivity index (χ1) is 17.6. The molecule has 10 nitrogen and oxygen atoms in total. The van der Waals surface area contributed by atoms with E-state index < -0.39 is 33.0 Å². The summed E-state index contributed by atoms with van der Waals surface area (Å²) in [4.78, 5) is 28.0. The van der Waals surface area contributed by atoms with Crippen LogP contribution in [-0.2, 0) is 19.6 Å². The summed E-state index contributed by atoms with van der Waals surface area (Å²) < 4.78 is 59.6. The number of hydrogen-bond donors (Lipinski definition) is 3. The molecule has 0 saturated carbocycles. The van der Waals surface area contributed by atoms with Crippen molar-refractivity contribution < 1.29 is 31.5 Å². The molecule has 14 heteroatoms. The predicted octanol–water partition coefficient (Wildman–Crippen LogP) is 2.37. The molecule has 1 fully saturated rings. The SMILES string of the molecule is CCOC(=O)CCNCCCS(=O)(=O)N1CCC(Nc2nc(N)c(C(=O)c3c(F)cccc3F)s2)CC1. The molecule has 0 unspecified atom stereocenters. The number of halogens is 2. The van der Waals surface area contributed by atoms with Gasteiger partial charge in [-0.25, -0.2) is 26.5 Å². The van der Waals surface area contributed by atoms with Crippen LogP contribution in [0, 0.1) is 11.6 Å². The Morgan fingerprint density at radius 3 is 2.54 bits per heavy atom. The Labute approximate surface area is 218 Å². The third-order valence-electron chi connectivity index (χ3n) is 5.79. The summed E-state index contributed by atoms with van der Waals surface area (Å²) in [5.74, 6) is -3.26. The highest BCUT2D eigenvalue weighted by atomic mass is 32.2. The van der Waals surface area contributed by atoms with Crippen LogP contribution in [0.1, 0.15) is 47.8 Å². The summed E-state index contributed by atoms with van der Waals surface area (Å²) in [7, 11) is -3.42.